The van der Waals surface area contributed by atoms with Crippen LogP contribution in [0.15, 0.2) is 23.8 Å². The van der Waals surface area contributed by atoms with Crippen molar-refractivity contribution in [1.82, 2.24) is 4.90 Å². The van der Waals surface area contributed by atoms with Gasteiger partial charge in [-0.25, -0.2) is 0 Å². The first-order valence-corrected chi connectivity index (χ1v) is 7.84. The Balaban J connectivity index is 1.65. The first-order valence-electron chi connectivity index (χ1n) is 7.84. The highest BCUT2D eigenvalue weighted by atomic mass is 16.7. The molecular formula is C17H17NO5. The van der Waals surface area contributed by atoms with Crippen LogP contribution in [0.25, 0.3) is 0 Å². The van der Waals surface area contributed by atoms with Gasteiger partial charge in [0, 0.05) is 31.6 Å². The van der Waals surface area contributed by atoms with Crippen molar-refractivity contribution in [1.29, 1.82) is 0 Å². The lowest BCUT2D eigenvalue weighted by molar-refractivity contribution is -0.00917. The van der Waals surface area contributed by atoms with Crippen LogP contribution in [0.2, 0.25) is 0 Å². The summed E-state index contributed by atoms with van der Waals surface area (Å²) < 4.78 is 16.2. The van der Waals surface area contributed by atoms with E-state index in [4.69, 9.17) is 14.2 Å². The van der Waals surface area contributed by atoms with Crippen molar-refractivity contribution < 1.29 is 24.1 Å². The zero-order chi connectivity index (χ0) is 15.7. The second-order valence-corrected chi connectivity index (χ2v) is 6.49. The Morgan fingerprint density at radius 3 is 2.87 bits per heavy atom. The Morgan fingerprint density at radius 2 is 2.09 bits per heavy atom. The van der Waals surface area contributed by atoms with Gasteiger partial charge in [0.2, 0.25) is 6.79 Å². The van der Waals surface area contributed by atoms with Gasteiger partial charge in [-0.15, -0.1) is 0 Å². The van der Waals surface area contributed by atoms with Gasteiger partial charge in [-0.3, -0.25) is 4.79 Å². The minimum absolute atomic E-state index is 0.00456. The van der Waals surface area contributed by atoms with E-state index < -0.39 is 6.10 Å². The number of nitrogens with zero attached hydrogens (tertiary/aromatic N) is 1. The molecule has 0 saturated carbocycles. The molecule has 4 atom stereocenters. The number of amides is 1. The summed E-state index contributed by atoms with van der Waals surface area (Å²) in [6.07, 6.45) is 1.61. The maximum atomic E-state index is 12.9. The van der Waals surface area contributed by atoms with Crippen molar-refractivity contribution in [3.8, 4) is 11.5 Å². The number of ether oxygens (including phenoxy) is 3. The molecule has 1 amide bonds. The quantitative estimate of drug-likeness (QED) is 0.784. The SMILES string of the molecule is COC1CC2C(=CC1O)C1CN2C(=O)c2cc3c(cc21)OCO3. The smallest absolute Gasteiger partial charge is 0.254 e. The van der Waals surface area contributed by atoms with Gasteiger partial charge >= 0.3 is 0 Å². The van der Waals surface area contributed by atoms with Crippen LogP contribution in [-0.4, -0.2) is 54.6 Å². The van der Waals surface area contributed by atoms with Crippen LogP contribution in [-0.2, 0) is 4.74 Å². The zero-order valence-corrected chi connectivity index (χ0v) is 12.7. The molecule has 6 heteroatoms. The number of rotatable bonds is 1. The third-order valence-electron chi connectivity index (χ3n) is 5.46. The first kappa shape index (κ1) is 13.4. The van der Waals surface area contributed by atoms with Crippen molar-refractivity contribution in [2.24, 2.45) is 0 Å². The van der Waals surface area contributed by atoms with Gasteiger partial charge in [0.15, 0.2) is 11.5 Å². The Kier molecular flexibility index (Phi) is 2.61. The highest BCUT2D eigenvalue weighted by Crippen LogP contribution is 2.49. The number of aliphatic hydroxyl groups excluding tert-OH is 1. The third kappa shape index (κ3) is 1.67. The average Bonchev–Trinajstić information content (AvgIpc) is 3.13. The normalized spacial score (nSPS) is 33.4. The highest BCUT2D eigenvalue weighted by molar-refractivity contribution is 5.99. The number of fused-ring (bicyclic) bond motifs is 8. The van der Waals surface area contributed by atoms with Crippen LogP contribution in [0.5, 0.6) is 11.5 Å². The van der Waals surface area contributed by atoms with E-state index >= 15 is 0 Å². The summed E-state index contributed by atoms with van der Waals surface area (Å²) in [6, 6.07) is 3.72. The summed E-state index contributed by atoms with van der Waals surface area (Å²) in [5.41, 5.74) is 2.79. The van der Waals surface area contributed by atoms with E-state index in [1.807, 2.05) is 17.0 Å². The monoisotopic (exact) mass is 315 g/mol. The summed E-state index contributed by atoms with van der Waals surface area (Å²) in [7, 11) is 1.60. The van der Waals surface area contributed by atoms with Gasteiger partial charge < -0.3 is 24.2 Å². The maximum Gasteiger partial charge on any atom is 0.254 e. The fraction of sp³-hybridized carbons (Fsp3) is 0.471. The largest absolute Gasteiger partial charge is 0.454 e. The molecule has 2 bridgehead atoms. The van der Waals surface area contributed by atoms with Crippen LogP contribution >= 0.6 is 0 Å². The molecule has 1 N–H and O–H groups in total. The van der Waals surface area contributed by atoms with Crippen LogP contribution in [0, 0.1) is 0 Å². The summed E-state index contributed by atoms with van der Waals surface area (Å²) in [6.45, 7) is 0.853. The molecule has 4 unspecified atom stereocenters. The van der Waals surface area contributed by atoms with Gasteiger partial charge in [0.05, 0.1) is 18.2 Å². The Morgan fingerprint density at radius 1 is 1.30 bits per heavy atom. The number of methoxy groups -OCH3 is 1. The van der Waals surface area contributed by atoms with Gasteiger partial charge in [-0.2, -0.15) is 0 Å². The number of carbonyl (C=O) groups excluding carboxylic acids is 1. The van der Waals surface area contributed by atoms with Gasteiger partial charge in [-0.05, 0) is 23.3 Å². The van der Waals surface area contributed by atoms with Gasteiger partial charge in [0.1, 0.15) is 0 Å². The Labute approximate surface area is 133 Å². The summed E-state index contributed by atoms with van der Waals surface area (Å²) in [5, 5.41) is 10.3. The fourth-order valence-electron chi connectivity index (χ4n) is 4.32. The van der Waals surface area contributed by atoms with E-state index in [0.29, 0.717) is 30.0 Å². The van der Waals surface area contributed by atoms with Crippen LogP contribution in [0.1, 0.15) is 28.3 Å². The fourth-order valence-corrected chi connectivity index (χ4v) is 4.32. The summed E-state index contributed by atoms with van der Waals surface area (Å²) in [5.74, 6) is 1.47. The topological polar surface area (TPSA) is 68.2 Å². The lowest BCUT2D eigenvalue weighted by Gasteiger charge is -2.33. The predicted octanol–water partition coefficient (Wildman–Crippen LogP) is 1.04. The second-order valence-electron chi connectivity index (χ2n) is 6.49. The lowest BCUT2D eigenvalue weighted by atomic mass is 9.82. The molecule has 3 heterocycles. The first-order chi connectivity index (χ1) is 11.2. The summed E-state index contributed by atoms with van der Waals surface area (Å²) >= 11 is 0. The maximum absolute atomic E-state index is 12.9. The average molecular weight is 315 g/mol. The molecule has 120 valence electrons. The molecule has 6 nitrogen and oxygen atoms in total. The molecule has 23 heavy (non-hydrogen) atoms. The van der Waals surface area contributed by atoms with E-state index in [9.17, 15) is 9.90 Å². The molecule has 1 aromatic rings. The Hall–Kier alpha value is -2.05. The number of benzene rings is 1. The van der Waals surface area contributed by atoms with Crippen LogP contribution in [0.4, 0.5) is 0 Å². The molecule has 0 aromatic heterocycles. The Bertz CT molecular complexity index is 743. The minimum Gasteiger partial charge on any atom is -0.454 e. The minimum atomic E-state index is -0.626. The number of hydrogen-bond donors (Lipinski definition) is 1. The van der Waals surface area contributed by atoms with Crippen molar-refractivity contribution in [2.75, 3.05) is 20.4 Å². The molecular weight excluding hydrogens is 298 g/mol. The molecule has 1 fully saturated rings. The molecule has 1 aromatic carbocycles. The summed E-state index contributed by atoms with van der Waals surface area (Å²) in [4.78, 5) is 14.8. The second kappa shape index (κ2) is 4.49. The molecule has 4 aliphatic rings. The van der Waals surface area contributed by atoms with Crippen molar-refractivity contribution in [3.05, 3.63) is 34.9 Å². The van der Waals surface area contributed by atoms with Gasteiger partial charge in [0.25, 0.3) is 5.91 Å². The van der Waals surface area contributed by atoms with Crippen LogP contribution in [0.3, 0.4) is 0 Å². The zero-order valence-electron chi connectivity index (χ0n) is 12.7. The number of aliphatic hydroxyl groups is 1. The lowest BCUT2D eigenvalue weighted by Crippen LogP contribution is -2.43. The number of hydrogen-bond acceptors (Lipinski definition) is 5. The van der Waals surface area contributed by atoms with Crippen molar-refractivity contribution in [2.45, 2.75) is 30.6 Å². The van der Waals surface area contributed by atoms with Gasteiger partial charge in [-0.1, -0.05) is 6.08 Å². The van der Waals surface area contributed by atoms with E-state index in [2.05, 4.69) is 0 Å². The van der Waals surface area contributed by atoms with E-state index in [0.717, 1.165) is 11.1 Å². The van der Waals surface area contributed by atoms with Crippen molar-refractivity contribution in [3.63, 3.8) is 0 Å². The van der Waals surface area contributed by atoms with E-state index in [1.165, 1.54) is 0 Å². The molecule has 0 spiro atoms. The van der Waals surface area contributed by atoms with Crippen molar-refractivity contribution >= 4 is 5.91 Å². The molecule has 5 rings (SSSR count). The van der Waals surface area contributed by atoms with E-state index in [-0.39, 0.29) is 30.8 Å². The highest BCUT2D eigenvalue weighted by Gasteiger charge is 2.49. The molecule has 3 aliphatic heterocycles. The van der Waals surface area contributed by atoms with E-state index in [1.54, 1.807) is 13.2 Å². The predicted molar refractivity (Wildman–Crippen MR) is 79.6 cm³/mol. The molecule has 1 aliphatic carbocycles. The standard InChI is InChI=1S/C17H17NO5/c1-21-14-5-12-9(2-13(14)19)11-6-18(12)17(20)10-4-16-15(3-8(10)11)22-7-23-16/h2-4,11-14,19H,5-7H2,1H3. The third-order valence-corrected chi connectivity index (χ3v) is 5.46. The molecule has 0 radical (unpaired) electrons. The van der Waals surface area contributed by atoms with Crippen LogP contribution < -0.4 is 9.47 Å². The number of carbonyl (C=O) groups is 1. The molecule has 1 saturated heterocycles.